The van der Waals surface area contributed by atoms with E-state index < -0.39 is 0 Å². The highest BCUT2D eigenvalue weighted by Gasteiger charge is 2.03. The Bertz CT molecular complexity index is 328. The van der Waals surface area contributed by atoms with E-state index >= 15 is 0 Å². The van der Waals surface area contributed by atoms with E-state index in [1.54, 1.807) is 12.1 Å². The molecular formula is C12H19NO3. The van der Waals surface area contributed by atoms with Crippen LogP contribution in [-0.2, 0) is 6.54 Å². The number of aromatic hydroxyl groups is 2. The lowest BCUT2D eigenvalue weighted by atomic mass is 10.1. The summed E-state index contributed by atoms with van der Waals surface area (Å²) in [4.78, 5) is 0. The molecule has 16 heavy (non-hydrogen) atoms. The molecule has 4 N–H and O–H groups in total. The zero-order chi connectivity index (χ0) is 12.0. The van der Waals surface area contributed by atoms with Gasteiger partial charge in [-0.2, -0.15) is 0 Å². The molecule has 1 aromatic carbocycles. The van der Waals surface area contributed by atoms with Crippen LogP contribution < -0.4 is 5.32 Å². The summed E-state index contributed by atoms with van der Waals surface area (Å²) in [6, 6.07) is 5.11. The summed E-state index contributed by atoms with van der Waals surface area (Å²) < 4.78 is 0. The molecule has 0 aliphatic rings. The summed E-state index contributed by atoms with van der Waals surface area (Å²) in [6.45, 7) is 2.91. The van der Waals surface area contributed by atoms with E-state index in [1.807, 2.05) is 0 Å². The second-order valence-corrected chi connectivity index (χ2v) is 3.97. The van der Waals surface area contributed by atoms with Crippen molar-refractivity contribution in [2.24, 2.45) is 0 Å². The molecule has 0 saturated heterocycles. The topological polar surface area (TPSA) is 72.7 Å². The molecule has 0 aliphatic heterocycles. The fourth-order valence-corrected chi connectivity index (χ4v) is 1.47. The first-order valence-electron chi connectivity index (χ1n) is 5.48. The van der Waals surface area contributed by atoms with Gasteiger partial charge in [-0.15, -0.1) is 0 Å². The number of aliphatic hydroxyl groups is 1. The number of nitrogens with one attached hydrogen (secondary N) is 1. The number of aliphatic hydroxyl groups excluding tert-OH is 1. The SMILES string of the molecule is CC(CCCO)NCc1ccc(O)c(O)c1. The van der Waals surface area contributed by atoms with Gasteiger partial charge in [0.25, 0.3) is 0 Å². The van der Waals surface area contributed by atoms with E-state index in [-0.39, 0.29) is 18.1 Å². The third kappa shape index (κ3) is 4.08. The Balaban J connectivity index is 2.39. The normalized spacial score (nSPS) is 12.6. The van der Waals surface area contributed by atoms with Crippen molar-refractivity contribution >= 4 is 0 Å². The van der Waals surface area contributed by atoms with Crippen LogP contribution in [0.25, 0.3) is 0 Å². The summed E-state index contributed by atoms with van der Waals surface area (Å²) in [5.41, 5.74) is 0.922. The highest BCUT2D eigenvalue weighted by atomic mass is 16.3. The largest absolute Gasteiger partial charge is 0.504 e. The van der Waals surface area contributed by atoms with Crippen molar-refractivity contribution in [2.75, 3.05) is 6.61 Å². The lowest BCUT2D eigenvalue weighted by molar-refractivity contribution is 0.276. The zero-order valence-corrected chi connectivity index (χ0v) is 9.48. The molecule has 0 amide bonds. The van der Waals surface area contributed by atoms with Crippen molar-refractivity contribution in [3.05, 3.63) is 23.8 Å². The van der Waals surface area contributed by atoms with Gasteiger partial charge in [0.2, 0.25) is 0 Å². The lowest BCUT2D eigenvalue weighted by Gasteiger charge is -2.13. The first-order chi connectivity index (χ1) is 7.63. The summed E-state index contributed by atoms with van der Waals surface area (Å²) in [7, 11) is 0. The number of hydrogen-bond donors (Lipinski definition) is 4. The van der Waals surface area contributed by atoms with Crippen LogP contribution in [0.5, 0.6) is 11.5 Å². The van der Waals surface area contributed by atoms with Gasteiger partial charge in [0.1, 0.15) is 0 Å². The van der Waals surface area contributed by atoms with Gasteiger partial charge in [0.05, 0.1) is 0 Å². The molecule has 1 aromatic rings. The average molecular weight is 225 g/mol. The van der Waals surface area contributed by atoms with E-state index in [0.29, 0.717) is 12.6 Å². The predicted molar refractivity (Wildman–Crippen MR) is 62.4 cm³/mol. The molecule has 0 saturated carbocycles. The summed E-state index contributed by atoms with van der Waals surface area (Å²) >= 11 is 0. The maximum atomic E-state index is 9.30. The molecule has 0 aliphatic carbocycles. The molecule has 0 spiro atoms. The van der Waals surface area contributed by atoms with Gasteiger partial charge in [-0.1, -0.05) is 6.07 Å². The van der Waals surface area contributed by atoms with Crippen LogP contribution in [0.1, 0.15) is 25.3 Å². The predicted octanol–water partition coefficient (Wildman–Crippen LogP) is 1.35. The Hall–Kier alpha value is -1.26. The summed E-state index contributed by atoms with van der Waals surface area (Å²) in [5, 5.41) is 30.4. The van der Waals surface area contributed by atoms with E-state index in [0.717, 1.165) is 18.4 Å². The van der Waals surface area contributed by atoms with E-state index in [2.05, 4.69) is 12.2 Å². The van der Waals surface area contributed by atoms with Crippen molar-refractivity contribution in [3.63, 3.8) is 0 Å². The zero-order valence-electron chi connectivity index (χ0n) is 9.48. The molecule has 0 heterocycles. The number of rotatable bonds is 6. The Labute approximate surface area is 95.6 Å². The molecule has 1 atom stereocenters. The van der Waals surface area contributed by atoms with Crippen LogP contribution in [0.3, 0.4) is 0 Å². The van der Waals surface area contributed by atoms with E-state index in [4.69, 9.17) is 10.2 Å². The molecule has 0 bridgehead atoms. The van der Waals surface area contributed by atoms with Crippen LogP contribution in [0.4, 0.5) is 0 Å². The Morgan fingerprint density at radius 1 is 1.25 bits per heavy atom. The standard InChI is InChI=1S/C12H19NO3/c1-9(3-2-6-14)13-8-10-4-5-11(15)12(16)7-10/h4-5,7,9,13-16H,2-3,6,8H2,1H3. The number of phenols is 2. The maximum Gasteiger partial charge on any atom is 0.157 e. The van der Waals surface area contributed by atoms with Gasteiger partial charge in [0.15, 0.2) is 11.5 Å². The summed E-state index contributed by atoms with van der Waals surface area (Å²) in [5.74, 6) is -0.195. The molecule has 1 rings (SSSR count). The molecule has 0 radical (unpaired) electrons. The first kappa shape index (κ1) is 12.8. The highest BCUT2D eigenvalue weighted by molar-refractivity contribution is 5.40. The smallest absolute Gasteiger partial charge is 0.157 e. The second kappa shape index (κ2) is 6.35. The minimum atomic E-state index is -0.0999. The second-order valence-electron chi connectivity index (χ2n) is 3.97. The first-order valence-corrected chi connectivity index (χ1v) is 5.48. The van der Waals surface area contributed by atoms with Gasteiger partial charge in [-0.05, 0) is 37.5 Å². The van der Waals surface area contributed by atoms with Gasteiger partial charge in [-0.3, -0.25) is 0 Å². The molecule has 90 valence electrons. The minimum Gasteiger partial charge on any atom is -0.504 e. The maximum absolute atomic E-state index is 9.30. The minimum absolute atomic E-state index is 0.0951. The third-order valence-electron chi connectivity index (χ3n) is 2.49. The molecule has 0 fully saturated rings. The average Bonchev–Trinajstić information content (AvgIpc) is 2.28. The Morgan fingerprint density at radius 2 is 2.00 bits per heavy atom. The third-order valence-corrected chi connectivity index (χ3v) is 2.49. The van der Waals surface area contributed by atoms with Crippen molar-refractivity contribution < 1.29 is 15.3 Å². The van der Waals surface area contributed by atoms with Crippen LogP contribution >= 0.6 is 0 Å². The van der Waals surface area contributed by atoms with Gasteiger partial charge < -0.3 is 20.6 Å². The molecule has 0 aromatic heterocycles. The summed E-state index contributed by atoms with van der Waals surface area (Å²) in [6.07, 6.45) is 1.70. The highest BCUT2D eigenvalue weighted by Crippen LogP contribution is 2.24. The lowest BCUT2D eigenvalue weighted by Crippen LogP contribution is -2.25. The molecule has 4 nitrogen and oxygen atoms in total. The van der Waals surface area contributed by atoms with E-state index in [9.17, 15) is 5.11 Å². The molecular weight excluding hydrogens is 206 g/mol. The van der Waals surface area contributed by atoms with E-state index in [1.165, 1.54) is 6.07 Å². The van der Waals surface area contributed by atoms with Crippen molar-refractivity contribution in [3.8, 4) is 11.5 Å². The van der Waals surface area contributed by atoms with Crippen molar-refractivity contribution in [1.82, 2.24) is 5.32 Å². The number of phenolic OH excluding ortho intramolecular Hbond substituents is 2. The Kier molecular flexibility index (Phi) is 5.08. The van der Waals surface area contributed by atoms with Crippen molar-refractivity contribution in [2.45, 2.75) is 32.4 Å². The van der Waals surface area contributed by atoms with Crippen LogP contribution in [0.15, 0.2) is 18.2 Å². The van der Waals surface area contributed by atoms with Gasteiger partial charge >= 0.3 is 0 Å². The quantitative estimate of drug-likeness (QED) is 0.551. The van der Waals surface area contributed by atoms with Crippen LogP contribution in [0, 0.1) is 0 Å². The van der Waals surface area contributed by atoms with Crippen LogP contribution in [-0.4, -0.2) is 28.0 Å². The monoisotopic (exact) mass is 225 g/mol. The number of benzene rings is 1. The van der Waals surface area contributed by atoms with Crippen LogP contribution in [0.2, 0.25) is 0 Å². The Morgan fingerprint density at radius 3 is 2.62 bits per heavy atom. The molecule has 4 heteroatoms. The fourth-order valence-electron chi connectivity index (χ4n) is 1.47. The molecule has 1 unspecified atom stereocenters. The fraction of sp³-hybridized carbons (Fsp3) is 0.500. The van der Waals surface area contributed by atoms with Crippen molar-refractivity contribution in [1.29, 1.82) is 0 Å². The number of hydrogen-bond acceptors (Lipinski definition) is 4. The van der Waals surface area contributed by atoms with Gasteiger partial charge in [0, 0.05) is 19.2 Å². The van der Waals surface area contributed by atoms with Gasteiger partial charge in [-0.25, -0.2) is 0 Å².